The maximum Gasteiger partial charge on any atom is 0.258 e. The lowest BCUT2D eigenvalue weighted by Crippen LogP contribution is -2.35. The van der Waals surface area contributed by atoms with E-state index in [1.807, 2.05) is 28.5 Å². The van der Waals surface area contributed by atoms with E-state index < -0.39 is 0 Å². The summed E-state index contributed by atoms with van der Waals surface area (Å²) in [6.45, 7) is 0.743. The second-order valence-corrected chi connectivity index (χ2v) is 7.68. The second kappa shape index (κ2) is 8.40. The zero-order chi connectivity index (χ0) is 20.2. The predicted octanol–water partition coefficient (Wildman–Crippen LogP) is 3.00. The number of nitrogens with zero attached hydrogens (tertiary/aromatic N) is 2. The van der Waals surface area contributed by atoms with E-state index in [4.69, 9.17) is 0 Å². The molecule has 0 unspecified atom stereocenters. The third-order valence-electron chi connectivity index (χ3n) is 4.82. The molecule has 0 spiro atoms. The van der Waals surface area contributed by atoms with Crippen molar-refractivity contribution in [3.05, 3.63) is 75.1 Å². The van der Waals surface area contributed by atoms with E-state index in [-0.39, 0.29) is 17.4 Å². The van der Waals surface area contributed by atoms with Crippen LogP contribution >= 0.6 is 11.3 Å². The normalized spacial score (nSPS) is 13.0. The summed E-state index contributed by atoms with van der Waals surface area (Å²) in [5, 5.41) is 5.03. The van der Waals surface area contributed by atoms with Crippen LogP contribution in [0.1, 0.15) is 34.5 Å². The molecule has 0 saturated carbocycles. The molecule has 8 heteroatoms. The number of H-pyrrole nitrogens is 1. The van der Waals surface area contributed by atoms with Crippen LogP contribution in [0.5, 0.6) is 0 Å². The molecule has 1 aliphatic rings. The third-order valence-corrected chi connectivity index (χ3v) is 5.63. The molecule has 0 atom stereocenters. The van der Waals surface area contributed by atoms with E-state index >= 15 is 0 Å². The average Bonchev–Trinajstić information content (AvgIpc) is 3.19. The Hall–Kier alpha value is -3.26. The molecule has 0 saturated heterocycles. The summed E-state index contributed by atoms with van der Waals surface area (Å²) in [7, 11) is 0. The highest BCUT2D eigenvalue weighted by atomic mass is 32.1. The molecule has 2 amide bonds. The number of amides is 2. The number of carbonyl (C=O) groups excluding carboxylic acids is 2. The second-order valence-electron chi connectivity index (χ2n) is 6.82. The molecule has 7 nitrogen and oxygen atoms in total. The number of nitrogens with one attached hydrogen (secondary N) is 2. The van der Waals surface area contributed by atoms with Crippen LogP contribution in [0, 0.1) is 0 Å². The number of benzene rings is 1. The van der Waals surface area contributed by atoms with Crippen molar-refractivity contribution in [2.45, 2.75) is 25.7 Å². The molecule has 0 fully saturated rings. The van der Waals surface area contributed by atoms with Crippen LogP contribution < -0.4 is 15.8 Å². The van der Waals surface area contributed by atoms with Crippen LogP contribution in [0.25, 0.3) is 0 Å². The fourth-order valence-corrected chi connectivity index (χ4v) is 4.10. The molecular formula is C21H20N4O3S. The Morgan fingerprint density at radius 1 is 1.21 bits per heavy atom. The summed E-state index contributed by atoms with van der Waals surface area (Å²) in [5.41, 5.74) is 3.08. The van der Waals surface area contributed by atoms with Gasteiger partial charge in [0, 0.05) is 36.3 Å². The summed E-state index contributed by atoms with van der Waals surface area (Å²) in [5.74, 6) is -0.257. The van der Waals surface area contributed by atoms with Crippen molar-refractivity contribution in [1.82, 2.24) is 9.97 Å². The zero-order valence-electron chi connectivity index (χ0n) is 15.7. The van der Waals surface area contributed by atoms with Gasteiger partial charge in [0.2, 0.25) is 11.5 Å². The minimum absolute atomic E-state index is 0.0870. The van der Waals surface area contributed by atoms with Gasteiger partial charge < -0.3 is 9.88 Å². The molecule has 2 aromatic heterocycles. The Balaban J connectivity index is 1.35. The summed E-state index contributed by atoms with van der Waals surface area (Å²) < 4.78 is 0. The molecule has 148 valence electrons. The van der Waals surface area contributed by atoms with E-state index in [0.717, 1.165) is 30.8 Å². The number of pyridine rings is 1. The molecule has 29 heavy (non-hydrogen) atoms. The predicted molar refractivity (Wildman–Crippen MR) is 113 cm³/mol. The average molecular weight is 408 g/mol. The van der Waals surface area contributed by atoms with Gasteiger partial charge in [0.25, 0.3) is 5.91 Å². The lowest BCUT2D eigenvalue weighted by Gasteiger charge is -2.29. The first-order valence-corrected chi connectivity index (χ1v) is 10.3. The first-order valence-electron chi connectivity index (χ1n) is 9.43. The highest BCUT2D eigenvalue weighted by molar-refractivity contribution is 7.14. The van der Waals surface area contributed by atoms with E-state index in [0.29, 0.717) is 23.5 Å². The number of aromatic nitrogens is 2. The summed E-state index contributed by atoms with van der Waals surface area (Å²) in [6, 6.07) is 10.8. The first-order chi connectivity index (χ1) is 14.1. The molecule has 1 aliphatic heterocycles. The van der Waals surface area contributed by atoms with E-state index in [1.165, 1.54) is 35.2 Å². The Bertz CT molecular complexity index is 1080. The maximum atomic E-state index is 12.7. The zero-order valence-corrected chi connectivity index (χ0v) is 16.5. The number of hydrogen-bond donors (Lipinski definition) is 2. The number of thiazole rings is 1. The van der Waals surface area contributed by atoms with Gasteiger partial charge in [0.15, 0.2) is 5.13 Å². The highest BCUT2D eigenvalue weighted by Crippen LogP contribution is 2.27. The smallest absolute Gasteiger partial charge is 0.258 e. The van der Waals surface area contributed by atoms with Crippen LogP contribution in [-0.2, 0) is 17.6 Å². The fraction of sp³-hybridized carbons (Fsp3) is 0.238. The van der Waals surface area contributed by atoms with Crippen LogP contribution in [0.15, 0.2) is 52.8 Å². The van der Waals surface area contributed by atoms with E-state index in [9.17, 15) is 14.4 Å². The van der Waals surface area contributed by atoms with Gasteiger partial charge in [-0.1, -0.05) is 18.2 Å². The van der Waals surface area contributed by atoms with Crippen molar-refractivity contribution < 1.29 is 9.59 Å². The van der Waals surface area contributed by atoms with Crippen LogP contribution in [0.2, 0.25) is 0 Å². The van der Waals surface area contributed by atoms with E-state index in [1.54, 1.807) is 0 Å². The van der Waals surface area contributed by atoms with Crippen LogP contribution in [-0.4, -0.2) is 28.3 Å². The molecule has 2 N–H and O–H groups in total. The van der Waals surface area contributed by atoms with Gasteiger partial charge in [0.05, 0.1) is 11.3 Å². The number of rotatable bonds is 5. The quantitative estimate of drug-likeness (QED) is 0.678. The molecule has 0 radical (unpaired) electrons. The molecule has 4 rings (SSSR count). The van der Waals surface area contributed by atoms with Gasteiger partial charge in [-0.25, -0.2) is 4.98 Å². The third kappa shape index (κ3) is 4.43. The van der Waals surface area contributed by atoms with Crippen molar-refractivity contribution in [3.8, 4) is 0 Å². The van der Waals surface area contributed by atoms with Crippen molar-refractivity contribution in [2.24, 2.45) is 0 Å². The van der Waals surface area contributed by atoms with Crippen molar-refractivity contribution >= 4 is 34.0 Å². The SMILES string of the molecule is O=C(Nc1nc(CCC(=O)N2CCCc3ccccc32)cs1)c1ccc(=O)[nH]c1. The van der Waals surface area contributed by atoms with Crippen LogP contribution in [0.3, 0.4) is 0 Å². The number of aryl methyl sites for hydroxylation is 2. The number of fused-ring (bicyclic) bond motifs is 1. The molecule has 3 aromatic rings. The molecule has 0 bridgehead atoms. The molecule has 1 aromatic carbocycles. The molecule has 3 heterocycles. The lowest BCUT2D eigenvalue weighted by atomic mass is 10.0. The summed E-state index contributed by atoms with van der Waals surface area (Å²) in [6.07, 6.45) is 4.22. The van der Waals surface area contributed by atoms with Gasteiger partial charge in [-0.05, 0) is 37.0 Å². The van der Waals surface area contributed by atoms with Crippen molar-refractivity contribution in [3.63, 3.8) is 0 Å². The first kappa shape index (κ1) is 19.1. The summed E-state index contributed by atoms with van der Waals surface area (Å²) in [4.78, 5) is 44.7. The van der Waals surface area contributed by atoms with Gasteiger partial charge in [-0.15, -0.1) is 11.3 Å². The van der Waals surface area contributed by atoms with Gasteiger partial charge in [-0.3, -0.25) is 19.7 Å². The monoisotopic (exact) mass is 408 g/mol. The highest BCUT2D eigenvalue weighted by Gasteiger charge is 2.22. The minimum atomic E-state index is -0.344. The lowest BCUT2D eigenvalue weighted by molar-refractivity contribution is -0.118. The van der Waals surface area contributed by atoms with Crippen molar-refractivity contribution in [2.75, 3.05) is 16.8 Å². The van der Waals surface area contributed by atoms with Gasteiger partial charge in [-0.2, -0.15) is 0 Å². The standard InChI is InChI=1S/C21H20N4O3S/c26-18-9-7-15(12-22-18)20(28)24-21-23-16(13-29-21)8-10-19(27)25-11-3-5-14-4-1-2-6-17(14)25/h1-2,4,6-7,9,12-13H,3,5,8,10-11H2,(H,22,26)(H,23,24,28). The Morgan fingerprint density at radius 3 is 2.90 bits per heavy atom. The van der Waals surface area contributed by atoms with Gasteiger partial charge in [0.1, 0.15) is 0 Å². The minimum Gasteiger partial charge on any atom is -0.328 e. The van der Waals surface area contributed by atoms with Gasteiger partial charge >= 0.3 is 0 Å². The fourth-order valence-electron chi connectivity index (χ4n) is 3.36. The number of anilines is 2. The molecule has 0 aliphatic carbocycles. The summed E-state index contributed by atoms with van der Waals surface area (Å²) >= 11 is 1.31. The number of aromatic amines is 1. The van der Waals surface area contributed by atoms with Crippen LogP contribution in [0.4, 0.5) is 10.8 Å². The number of hydrogen-bond acceptors (Lipinski definition) is 5. The maximum absolute atomic E-state index is 12.7. The Kier molecular flexibility index (Phi) is 5.53. The topological polar surface area (TPSA) is 95.2 Å². The molecular weight excluding hydrogens is 388 g/mol. The Morgan fingerprint density at radius 2 is 2.07 bits per heavy atom. The Labute approximate surface area is 171 Å². The number of carbonyl (C=O) groups is 2. The number of para-hydroxylation sites is 1. The largest absolute Gasteiger partial charge is 0.328 e. The van der Waals surface area contributed by atoms with E-state index in [2.05, 4.69) is 21.4 Å². The van der Waals surface area contributed by atoms with Crippen molar-refractivity contribution in [1.29, 1.82) is 0 Å².